The SMILES string of the molecule is c1ccc(C2CN(CC3CCNC3)C2)cc1. The molecule has 0 radical (unpaired) electrons. The van der Waals surface area contributed by atoms with Crippen molar-refractivity contribution < 1.29 is 0 Å². The normalized spacial score (nSPS) is 26.9. The summed E-state index contributed by atoms with van der Waals surface area (Å²) in [5.74, 6) is 1.69. The molecule has 2 aliphatic rings. The molecule has 0 spiro atoms. The fourth-order valence-electron chi connectivity index (χ4n) is 2.89. The van der Waals surface area contributed by atoms with Gasteiger partial charge in [-0.1, -0.05) is 30.3 Å². The Morgan fingerprint density at radius 3 is 2.69 bits per heavy atom. The van der Waals surface area contributed by atoms with E-state index in [4.69, 9.17) is 0 Å². The molecule has 2 heteroatoms. The smallest absolute Gasteiger partial charge is 0.00936 e. The molecule has 2 heterocycles. The largest absolute Gasteiger partial charge is 0.316 e. The highest BCUT2D eigenvalue weighted by Gasteiger charge is 2.30. The number of benzene rings is 1. The van der Waals surface area contributed by atoms with E-state index < -0.39 is 0 Å². The van der Waals surface area contributed by atoms with Crippen molar-refractivity contribution in [3.63, 3.8) is 0 Å². The van der Waals surface area contributed by atoms with E-state index in [2.05, 4.69) is 40.5 Å². The Hall–Kier alpha value is -0.860. The molecule has 1 aromatic carbocycles. The number of rotatable bonds is 3. The molecule has 3 rings (SSSR count). The van der Waals surface area contributed by atoms with Crippen LogP contribution in [-0.2, 0) is 0 Å². The van der Waals surface area contributed by atoms with Crippen molar-refractivity contribution in [2.75, 3.05) is 32.7 Å². The fraction of sp³-hybridized carbons (Fsp3) is 0.571. The first-order valence-corrected chi connectivity index (χ1v) is 6.40. The van der Waals surface area contributed by atoms with E-state index in [0.717, 1.165) is 11.8 Å². The van der Waals surface area contributed by atoms with E-state index in [0.29, 0.717) is 0 Å². The van der Waals surface area contributed by atoms with Gasteiger partial charge in [-0.25, -0.2) is 0 Å². The maximum absolute atomic E-state index is 3.44. The minimum Gasteiger partial charge on any atom is -0.316 e. The van der Waals surface area contributed by atoms with Crippen molar-refractivity contribution in [1.29, 1.82) is 0 Å². The summed E-state index contributed by atoms with van der Waals surface area (Å²) >= 11 is 0. The molecule has 0 aliphatic carbocycles. The molecule has 1 N–H and O–H groups in total. The number of nitrogens with one attached hydrogen (secondary N) is 1. The quantitative estimate of drug-likeness (QED) is 0.827. The molecule has 2 saturated heterocycles. The molecule has 16 heavy (non-hydrogen) atoms. The molecule has 0 aromatic heterocycles. The van der Waals surface area contributed by atoms with Crippen LogP contribution in [0.2, 0.25) is 0 Å². The van der Waals surface area contributed by atoms with Crippen molar-refractivity contribution in [1.82, 2.24) is 10.2 Å². The van der Waals surface area contributed by atoms with Crippen molar-refractivity contribution in [2.45, 2.75) is 12.3 Å². The van der Waals surface area contributed by atoms with Crippen LogP contribution in [0.5, 0.6) is 0 Å². The van der Waals surface area contributed by atoms with Crippen molar-refractivity contribution >= 4 is 0 Å². The second-order valence-electron chi connectivity index (χ2n) is 5.18. The van der Waals surface area contributed by atoms with Crippen LogP contribution in [0.4, 0.5) is 0 Å². The van der Waals surface area contributed by atoms with Gasteiger partial charge >= 0.3 is 0 Å². The van der Waals surface area contributed by atoms with E-state index in [1.807, 2.05) is 0 Å². The van der Waals surface area contributed by atoms with Crippen LogP contribution in [0.15, 0.2) is 30.3 Å². The van der Waals surface area contributed by atoms with Gasteiger partial charge in [-0.05, 0) is 31.0 Å². The van der Waals surface area contributed by atoms with Gasteiger partial charge in [-0.15, -0.1) is 0 Å². The zero-order valence-electron chi connectivity index (χ0n) is 9.73. The average molecular weight is 216 g/mol. The van der Waals surface area contributed by atoms with E-state index in [1.54, 1.807) is 0 Å². The topological polar surface area (TPSA) is 15.3 Å². The Morgan fingerprint density at radius 2 is 2.00 bits per heavy atom. The Bertz CT molecular complexity index is 324. The summed E-state index contributed by atoms with van der Waals surface area (Å²) in [6.45, 7) is 6.28. The lowest BCUT2D eigenvalue weighted by molar-refractivity contribution is 0.127. The third-order valence-corrected chi connectivity index (χ3v) is 3.91. The summed E-state index contributed by atoms with van der Waals surface area (Å²) in [6.07, 6.45) is 1.37. The van der Waals surface area contributed by atoms with E-state index in [-0.39, 0.29) is 0 Å². The van der Waals surface area contributed by atoms with Gasteiger partial charge < -0.3 is 10.2 Å². The summed E-state index contributed by atoms with van der Waals surface area (Å²) in [5, 5.41) is 3.44. The maximum atomic E-state index is 3.44. The Morgan fingerprint density at radius 1 is 1.19 bits per heavy atom. The lowest BCUT2D eigenvalue weighted by Crippen LogP contribution is -2.47. The van der Waals surface area contributed by atoms with Gasteiger partial charge in [0, 0.05) is 25.6 Å². The van der Waals surface area contributed by atoms with Crippen LogP contribution in [0.3, 0.4) is 0 Å². The highest BCUT2D eigenvalue weighted by Crippen LogP contribution is 2.27. The van der Waals surface area contributed by atoms with Crippen LogP contribution in [0.25, 0.3) is 0 Å². The van der Waals surface area contributed by atoms with Gasteiger partial charge in [0.2, 0.25) is 0 Å². The third-order valence-electron chi connectivity index (χ3n) is 3.91. The minimum atomic E-state index is 0.788. The lowest BCUT2D eigenvalue weighted by atomic mass is 9.90. The van der Waals surface area contributed by atoms with Gasteiger partial charge in [0.05, 0.1) is 0 Å². The van der Waals surface area contributed by atoms with Crippen LogP contribution in [0.1, 0.15) is 17.9 Å². The second kappa shape index (κ2) is 4.56. The number of hydrogen-bond acceptors (Lipinski definition) is 2. The highest BCUT2D eigenvalue weighted by molar-refractivity contribution is 5.22. The van der Waals surface area contributed by atoms with Gasteiger partial charge in [-0.2, -0.15) is 0 Å². The van der Waals surface area contributed by atoms with Crippen LogP contribution >= 0.6 is 0 Å². The maximum Gasteiger partial charge on any atom is 0.00936 e. The van der Waals surface area contributed by atoms with Crippen molar-refractivity contribution in [3.8, 4) is 0 Å². The second-order valence-corrected chi connectivity index (χ2v) is 5.18. The summed E-state index contributed by atoms with van der Waals surface area (Å²) in [6, 6.07) is 10.9. The first kappa shape index (κ1) is 10.3. The molecule has 86 valence electrons. The Balaban J connectivity index is 1.47. The monoisotopic (exact) mass is 216 g/mol. The number of hydrogen-bond donors (Lipinski definition) is 1. The van der Waals surface area contributed by atoms with Gasteiger partial charge in [0.25, 0.3) is 0 Å². The zero-order chi connectivity index (χ0) is 10.8. The van der Waals surface area contributed by atoms with Crippen LogP contribution < -0.4 is 5.32 Å². The molecule has 2 nitrogen and oxygen atoms in total. The molecular weight excluding hydrogens is 196 g/mol. The van der Waals surface area contributed by atoms with E-state index in [9.17, 15) is 0 Å². The predicted molar refractivity (Wildman–Crippen MR) is 66.6 cm³/mol. The lowest BCUT2D eigenvalue weighted by Gasteiger charge is -2.41. The van der Waals surface area contributed by atoms with E-state index in [1.165, 1.54) is 44.7 Å². The standard InChI is InChI=1S/C14H20N2/c1-2-4-13(5-3-1)14-10-16(11-14)9-12-6-7-15-8-12/h1-5,12,14-15H,6-11H2. The molecule has 2 aliphatic heterocycles. The van der Waals surface area contributed by atoms with E-state index >= 15 is 0 Å². The first-order chi connectivity index (χ1) is 7.92. The summed E-state index contributed by atoms with van der Waals surface area (Å²) < 4.78 is 0. The summed E-state index contributed by atoms with van der Waals surface area (Å²) in [5.41, 5.74) is 1.52. The minimum absolute atomic E-state index is 0.788. The molecule has 0 amide bonds. The van der Waals surface area contributed by atoms with Crippen molar-refractivity contribution in [2.24, 2.45) is 5.92 Å². The molecule has 0 bridgehead atoms. The molecule has 0 saturated carbocycles. The Labute approximate surface area is 97.6 Å². The van der Waals surface area contributed by atoms with Gasteiger partial charge in [0.15, 0.2) is 0 Å². The highest BCUT2D eigenvalue weighted by atomic mass is 15.2. The number of nitrogens with zero attached hydrogens (tertiary/aromatic N) is 1. The summed E-state index contributed by atoms with van der Waals surface area (Å²) in [7, 11) is 0. The van der Waals surface area contributed by atoms with Gasteiger partial charge in [0.1, 0.15) is 0 Å². The zero-order valence-corrected chi connectivity index (χ0v) is 9.73. The molecule has 1 unspecified atom stereocenters. The fourth-order valence-corrected chi connectivity index (χ4v) is 2.89. The van der Waals surface area contributed by atoms with Crippen LogP contribution in [0, 0.1) is 5.92 Å². The summed E-state index contributed by atoms with van der Waals surface area (Å²) in [4.78, 5) is 2.61. The molecule has 1 atom stereocenters. The molecular formula is C14H20N2. The Kier molecular flexibility index (Phi) is 2.94. The molecule has 2 fully saturated rings. The van der Waals surface area contributed by atoms with Gasteiger partial charge in [-0.3, -0.25) is 0 Å². The third kappa shape index (κ3) is 2.13. The average Bonchev–Trinajstić information content (AvgIpc) is 2.77. The molecule has 1 aromatic rings. The van der Waals surface area contributed by atoms with Crippen LogP contribution in [-0.4, -0.2) is 37.6 Å². The van der Waals surface area contributed by atoms with Crippen molar-refractivity contribution in [3.05, 3.63) is 35.9 Å². The predicted octanol–water partition coefficient (Wildman–Crippen LogP) is 1.70. The number of likely N-dealkylation sites (tertiary alicyclic amines) is 1. The first-order valence-electron chi connectivity index (χ1n) is 6.40.